The van der Waals surface area contributed by atoms with Crippen molar-refractivity contribution >= 4 is 24.4 Å². The Balaban J connectivity index is -0.000000295. The van der Waals surface area contributed by atoms with Crippen molar-refractivity contribution < 1.29 is 47.1 Å². The van der Waals surface area contributed by atoms with Gasteiger partial charge in [-0.15, -0.1) is 0 Å². The maximum Gasteiger partial charge on any atom is 2.00 e. The summed E-state index contributed by atoms with van der Waals surface area (Å²) < 4.78 is 0. The number of hydrogen-bond donors (Lipinski definition) is 2. The smallest absolute Gasteiger partial charge is 0.548 e. The maximum absolute atomic E-state index is 10.1. The van der Waals surface area contributed by atoms with E-state index in [4.69, 9.17) is 10.2 Å². The number of carbonyl (C=O) groups is 2. The molecule has 0 saturated heterocycles. The average Bonchev–Trinajstić information content (AvgIpc) is 2.32. The number of rotatable bonds is 6. The van der Waals surface area contributed by atoms with Crippen molar-refractivity contribution in [2.24, 2.45) is 9.98 Å². The second kappa shape index (κ2) is 13.7. The Bertz CT molecular complexity index is 324. The van der Waals surface area contributed by atoms with Crippen LogP contribution in [0.5, 0.6) is 0 Å². The van der Waals surface area contributed by atoms with Crippen LogP contribution in [0.2, 0.25) is 0 Å². The van der Waals surface area contributed by atoms with Crippen molar-refractivity contribution in [3.05, 3.63) is 0 Å². The standard InChI is InChI=1S/2C6H11NO3.Fe/c2*1-3-7-5(4(2)8)6(9)10;/h2*3-5,8H,1-2H3,(H,9,10);/q;;+2/p-2. The molecule has 122 valence electrons. The molecule has 0 aliphatic carbocycles. The van der Waals surface area contributed by atoms with Crippen LogP contribution in [0.3, 0.4) is 0 Å². The van der Waals surface area contributed by atoms with E-state index in [0.29, 0.717) is 0 Å². The van der Waals surface area contributed by atoms with E-state index in [1.807, 2.05) is 0 Å². The number of aliphatic hydroxyl groups excluding tert-OH is 2. The van der Waals surface area contributed by atoms with Gasteiger partial charge in [-0.25, -0.2) is 0 Å². The van der Waals surface area contributed by atoms with Crippen LogP contribution < -0.4 is 10.2 Å². The number of carbonyl (C=O) groups excluding carboxylic acids is 2. The summed E-state index contributed by atoms with van der Waals surface area (Å²) >= 11 is 0. The fourth-order valence-corrected chi connectivity index (χ4v) is 1.09. The first kappa shape index (κ1) is 24.7. The summed E-state index contributed by atoms with van der Waals surface area (Å²) in [5.74, 6) is -2.71. The van der Waals surface area contributed by atoms with E-state index in [9.17, 15) is 19.8 Å². The molecule has 0 aromatic rings. The molecule has 4 atom stereocenters. The summed E-state index contributed by atoms with van der Waals surface area (Å²) in [5.41, 5.74) is 0. The van der Waals surface area contributed by atoms with Gasteiger partial charge in [-0.1, -0.05) is 0 Å². The minimum absolute atomic E-state index is 0. The largest absolute Gasteiger partial charge is 2.00 e. The minimum Gasteiger partial charge on any atom is -0.548 e. The summed E-state index contributed by atoms with van der Waals surface area (Å²) in [6.45, 7) is 5.87. The quantitative estimate of drug-likeness (QED) is 0.392. The van der Waals surface area contributed by atoms with Gasteiger partial charge in [-0.2, -0.15) is 0 Å². The van der Waals surface area contributed by atoms with Gasteiger partial charge >= 0.3 is 17.1 Å². The third-order valence-corrected chi connectivity index (χ3v) is 2.02. The molecule has 0 aliphatic heterocycles. The Kier molecular flexibility index (Phi) is 16.1. The molecule has 0 bridgehead atoms. The predicted molar refractivity (Wildman–Crippen MR) is 69.3 cm³/mol. The number of aliphatic carboxylic acids is 2. The Morgan fingerprint density at radius 3 is 1.19 bits per heavy atom. The average molecular weight is 344 g/mol. The second-order valence-corrected chi connectivity index (χ2v) is 3.82. The summed E-state index contributed by atoms with van der Waals surface area (Å²) in [7, 11) is 0. The molecular weight excluding hydrogens is 324 g/mol. The summed E-state index contributed by atoms with van der Waals surface area (Å²) in [6.07, 6.45) is 0.655. The van der Waals surface area contributed by atoms with Gasteiger partial charge in [0.15, 0.2) is 0 Å². The third kappa shape index (κ3) is 12.2. The zero-order valence-electron chi connectivity index (χ0n) is 12.2. The molecule has 0 saturated carbocycles. The molecule has 0 aliphatic rings. The van der Waals surface area contributed by atoms with Crippen molar-refractivity contribution in [3.8, 4) is 0 Å². The van der Waals surface area contributed by atoms with E-state index in [-0.39, 0.29) is 17.1 Å². The fourth-order valence-electron chi connectivity index (χ4n) is 1.09. The first-order chi connectivity index (χ1) is 9.18. The van der Waals surface area contributed by atoms with Crippen molar-refractivity contribution in [3.63, 3.8) is 0 Å². The number of carboxylic acids is 2. The summed E-state index contributed by atoms with van der Waals surface area (Å²) in [4.78, 5) is 27.3. The predicted octanol–water partition coefficient (Wildman–Crippen LogP) is -2.85. The van der Waals surface area contributed by atoms with Gasteiger partial charge in [0.05, 0.1) is 24.1 Å². The SMILES string of the molecule is CC=NC(C(=O)[O-])C(C)O.CC=NC(C(=O)[O-])C(C)O.[Fe+2]. The van der Waals surface area contributed by atoms with Crippen molar-refractivity contribution in [2.75, 3.05) is 0 Å². The van der Waals surface area contributed by atoms with Gasteiger partial charge in [-0.3, -0.25) is 9.98 Å². The van der Waals surface area contributed by atoms with E-state index in [1.165, 1.54) is 26.3 Å². The number of carboxylic acid groups (broad SMARTS) is 2. The van der Waals surface area contributed by atoms with Crippen LogP contribution in [0.15, 0.2) is 9.98 Å². The number of nitrogens with zero attached hydrogens (tertiary/aromatic N) is 2. The molecular formula is C12H20FeN2O6. The van der Waals surface area contributed by atoms with Gasteiger partial charge in [0.25, 0.3) is 0 Å². The third-order valence-electron chi connectivity index (χ3n) is 2.02. The molecule has 0 fully saturated rings. The number of aliphatic imine (C=N–C) groups is 2. The number of aliphatic hydroxyl groups is 2. The van der Waals surface area contributed by atoms with Gasteiger partial charge in [0.2, 0.25) is 0 Å². The van der Waals surface area contributed by atoms with E-state index >= 15 is 0 Å². The Hall–Kier alpha value is -1.28. The van der Waals surface area contributed by atoms with Crippen molar-refractivity contribution in [1.29, 1.82) is 0 Å². The van der Waals surface area contributed by atoms with Crippen molar-refractivity contribution in [1.82, 2.24) is 0 Å². The van der Waals surface area contributed by atoms with Gasteiger partial charge in [-0.05, 0) is 40.1 Å². The van der Waals surface area contributed by atoms with Crippen LogP contribution in [0.4, 0.5) is 0 Å². The van der Waals surface area contributed by atoms with Crippen LogP contribution >= 0.6 is 0 Å². The molecule has 0 aromatic carbocycles. The molecule has 0 spiro atoms. The molecule has 8 nitrogen and oxygen atoms in total. The Labute approximate surface area is 134 Å². The van der Waals surface area contributed by atoms with Crippen LogP contribution in [0.1, 0.15) is 27.7 Å². The molecule has 9 heteroatoms. The summed E-state index contributed by atoms with van der Waals surface area (Å²) in [5, 5.41) is 37.9. The topological polar surface area (TPSA) is 145 Å². The van der Waals surface area contributed by atoms with Crippen LogP contribution in [0.25, 0.3) is 0 Å². The normalized spacial score (nSPS) is 16.3. The molecule has 21 heavy (non-hydrogen) atoms. The number of hydrogen-bond acceptors (Lipinski definition) is 8. The first-order valence-corrected chi connectivity index (χ1v) is 5.92. The zero-order valence-corrected chi connectivity index (χ0v) is 13.3. The van der Waals surface area contributed by atoms with Crippen LogP contribution in [-0.2, 0) is 26.7 Å². The maximum atomic E-state index is 10.1. The van der Waals surface area contributed by atoms with Crippen molar-refractivity contribution in [2.45, 2.75) is 52.0 Å². The molecule has 0 rings (SSSR count). The monoisotopic (exact) mass is 344 g/mol. The zero-order chi connectivity index (χ0) is 16.3. The Morgan fingerprint density at radius 2 is 1.14 bits per heavy atom. The van der Waals surface area contributed by atoms with Crippen LogP contribution in [0, 0.1) is 0 Å². The van der Waals surface area contributed by atoms with Gasteiger partial charge in [0.1, 0.15) is 12.1 Å². The molecule has 0 radical (unpaired) electrons. The van der Waals surface area contributed by atoms with Gasteiger partial charge < -0.3 is 30.0 Å². The molecule has 0 heterocycles. The van der Waals surface area contributed by atoms with Gasteiger partial charge in [0, 0.05) is 0 Å². The summed E-state index contributed by atoms with van der Waals surface area (Å²) in [6, 6.07) is -2.27. The van der Waals surface area contributed by atoms with E-state index in [2.05, 4.69) is 9.98 Å². The Morgan fingerprint density at radius 1 is 0.905 bits per heavy atom. The fraction of sp³-hybridized carbons (Fsp3) is 0.667. The minimum atomic E-state index is -1.35. The first-order valence-electron chi connectivity index (χ1n) is 5.92. The molecule has 0 aromatic heterocycles. The second-order valence-electron chi connectivity index (χ2n) is 3.82. The van der Waals surface area contributed by atoms with E-state index in [0.717, 1.165) is 0 Å². The van der Waals surface area contributed by atoms with Crippen LogP contribution in [-0.4, -0.2) is 58.9 Å². The van der Waals surface area contributed by atoms with E-state index < -0.39 is 36.2 Å². The molecule has 0 amide bonds. The molecule has 2 N–H and O–H groups in total. The molecule has 4 unspecified atom stereocenters. The van der Waals surface area contributed by atoms with E-state index in [1.54, 1.807) is 13.8 Å².